The van der Waals surface area contributed by atoms with Crippen molar-refractivity contribution >= 4 is 27.6 Å². The van der Waals surface area contributed by atoms with Gasteiger partial charge in [0, 0.05) is 10.0 Å². The van der Waals surface area contributed by atoms with Crippen molar-refractivity contribution in [3.05, 3.63) is 113 Å². The maximum absolute atomic E-state index is 13.5. The number of hydrogen-bond donors (Lipinski definition) is 2. The molecule has 2 atom stereocenters. The number of ketones is 1. The molecule has 4 aromatic carbocycles. The van der Waals surface area contributed by atoms with Crippen molar-refractivity contribution in [2.24, 2.45) is 0 Å². The number of ether oxygens (including phenoxy) is 2. The Labute approximate surface area is 268 Å². The van der Waals surface area contributed by atoms with Gasteiger partial charge in [-0.3, -0.25) is 9.59 Å². The van der Waals surface area contributed by atoms with Gasteiger partial charge in [-0.25, -0.2) is 0 Å². The van der Waals surface area contributed by atoms with Gasteiger partial charge >= 0.3 is 0 Å². The lowest BCUT2D eigenvalue weighted by Gasteiger charge is -2.21. The standard InChI is InChI=1S/C37H40BrNO5/c1-3-4-5-6-12-23-43-34-22-21-29(38)25-32(34)37(42)39-33(36(41)26(2)40)24-27-17-19-28(20-18-27)31-15-10-11-16-35(31)44-30-13-8-7-9-14-30/h7-11,13-22,25-26,33,40H,3-6,12,23-24H2,1-2H3,(H,39,42)/t26?,33-/m0/s1. The minimum Gasteiger partial charge on any atom is -0.493 e. The molecular formula is C37H40BrNO5. The molecule has 1 amide bonds. The average Bonchev–Trinajstić information content (AvgIpc) is 3.03. The Morgan fingerprint density at radius 2 is 1.55 bits per heavy atom. The molecule has 0 bridgehead atoms. The number of unbranched alkanes of at least 4 members (excludes halogenated alkanes) is 4. The zero-order chi connectivity index (χ0) is 31.3. The first-order chi connectivity index (χ1) is 21.4. The number of amides is 1. The highest BCUT2D eigenvalue weighted by atomic mass is 79.9. The maximum atomic E-state index is 13.5. The number of Topliss-reactive ketones (excluding diaryl/α,β-unsaturated/α-hetero) is 1. The number of benzene rings is 4. The molecule has 4 rings (SSSR count). The summed E-state index contributed by atoms with van der Waals surface area (Å²) in [5.74, 6) is 1.05. The predicted molar refractivity (Wildman–Crippen MR) is 178 cm³/mol. The quantitative estimate of drug-likeness (QED) is 0.118. The lowest BCUT2D eigenvalue weighted by atomic mass is 9.96. The number of halogens is 1. The number of rotatable bonds is 16. The first-order valence-corrected chi connectivity index (χ1v) is 16.0. The summed E-state index contributed by atoms with van der Waals surface area (Å²) >= 11 is 3.45. The molecule has 0 saturated carbocycles. The summed E-state index contributed by atoms with van der Waals surface area (Å²) in [6.45, 7) is 4.10. The fraction of sp³-hybridized carbons (Fsp3) is 0.297. The zero-order valence-electron chi connectivity index (χ0n) is 25.3. The molecule has 1 unspecified atom stereocenters. The summed E-state index contributed by atoms with van der Waals surface area (Å²) in [4.78, 5) is 26.5. The van der Waals surface area contributed by atoms with E-state index in [1.54, 1.807) is 12.1 Å². The van der Waals surface area contributed by atoms with Crippen LogP contribution in [0.1, 0.15) is 61.9 Å². The van der Waals surface area contributed by atoms with Crippen molar-refractivity contribution in [1.82, 2.24) is 5.32 Å². The van der Waals surface area contributed by atoms with Gasteiger partial charge in [0.2, 0.25) is 0 Å². The number of carbonyl (C=O) groups excluding carboxylic acids is 2. The van der Waals surface area contributed by atoms with Crippen LogP contribution in [-0.2, 0) is 11.2 Å². The molecule has 0 aliphatic heterocycles. The molecule has 230 valence electrons. The third-order valence-electron chi connectivity index (χ3n) is 7.32. The normalized spacial score (nSPS) is 12.3. The number of nitrogens with one attached hydrogen (secondary N) is 1. The van der Waals surface area contributed by atoms with Crippen LogP contribution in [0.5, 0.6) is 17.2 Å². The van der Waals surface area contributed by atoms with Gasteiger partial charge < -0.3 is 19.9 Å². The molecule has 0 radical (unpaired) electrons. The minimum atomic E-state index is -1.23. The number of aliphatic hydroxyl groups excluding tert-OH is 1. The van der Waals surface area contributed by atoms with E-state index in [0.29, 0.717) is 17.9 Å². The molecule has 44 heavy (non-hydrogen) atoms. The van der Waals surface area contributed by atoms with E-state index >= 15 is 0 Å². The monoisotopic (exact) mass is 657 g/mol. The lowest BCUT2D eigenvalue weighted by Crippen LogP contribution is -2.46. The van der Waals surface area contributed by atoms with Crippen molar-refractivity contribution < 1.29 is 24.2 Å². The first-order valence-electron chi connectivity index (χ1n) is 15.2. The van der Waals surface area contributed by atoms with Crippen molar-refractivity contribution in [2.45, 2.75) is 64.5 Å². The number of carbonyl (C=O) groups is 2. The highest BCUT2D eigenvalue weighted by Crippen LogP contribution is 2.33. The second-order valence-electron chi connectivity index (χ2n) is 10.8. The third kappa shape index (κ3) is 9.53. The van der Waals surface area contributed by atoms with Crippen molar-refractivity contribution in [3.8, 4) is 28.4 Å². The molecule has 0 heterocycles. The van der Waals surface area contributed by atoms with Gasteiger partial charge in [-0.2, -0.15) is 0 Å². The van der Waals surface area contributed by atoms with E-state index in [9.17, 15) is 14.7 Å². The largest absolute Gasteiger partial charge is 0.493 e. The van der Waals surface area contributed by atoms with E-state index < -0.39 is 23.8 Å². The van der Waals surface area contributed by atoms with Crippen LogP contribution in [0.15, 0.2) is 102 Å². The molecule has 4 aromatic rings. The molecule has 0 aliphatic rings. The second kappa shape index (κ2) is 16.8. The molecule has 0 fully saturated rings. The van der Waals surface area contributed by atoms with E-state index in [2.05, 4.69) is 28.2 Å². The maximum Gasteiger partial charge on any atom is 0.255 e. The Morgan fingerprint density at radius 1 is 0.841 bits per heavy atom. The highest BCUT2D eigenvalue weighted by Gasteiger charge is 2.26. The van der Waals surface area contributed by atoms with Crippen molar-refractivity contribution in [2.75, 3.05) is 6.61 Å². The lowest BCUT2D eigenvalue weighted by molar-refractivity contribution is -0.128. The average molecular weight is 659 g/mol. The SMILES string of the molecule is CCCCCCCOc1ccc(Br)cc1C(=O)N[C@@H](Cc1ccc(-c2ccccc2Oc2ccccc2)cc1)C(=O)C(C)O. The summed E-state index contributed by atoms with van der Waals surface area (Å²) in [5, 5.41) is 13.0. The fourth-order valence-electron chi connectivity index (χ4n) is 4.91. The van der Waals surface area contributed by atoms with Crippen LogP contribution in [0.3, 0.4) is 0 Å². The Bertz CT molecular complexity index is 1500. The molecule has 7 heteroatoms. The van der Waals surface area contributed by atoms with E-state index in [4.69, 9.17) is 9.47 Å². The Kier molecular flexibility index (Phi) is 12.6. The van der Waals surface area contributed by atoms with Gasteiger partial charge in [0.1, 0.15) is 23.4 Å². The molecule has 0 saturated heterocycles. The number of aliphatic hydroxyl groups is 1. The van der Waals surface area contributed by atoms with Crippen LogP contribution in [0, 0.1) is 0 Å². The van der Waals surface area contributed by atoms with Gasteiger partial charge in [-0.05, 0) is 67.3 Å². The van der Waals surface area contributed by atoms with Crippen molar-refractivity contribution in [1.29, 1.82) is 0 Å². The Balaban J connectivity index is 1.48. The van der Waals surface area contributed by atoms with Crippen LogP contribution in [0.4, 0.5) is 0 Å². The van der Waals surface area contributed by atoms with Crippen LogP contribution in [0.25, 0.3) is 11.1 Å². The summed E-state index contributed by atoms with van der Waals surface area (Å²) in [6, 6.07) is 29.6. The molecule has 0 aromatic heterocycles. The van der Waals surface area contributed by atoms with Gasteiger partial charge in [-0.1, -0.05) is 109 Å². The van der Waals surface area contributed by atoms with E-state index in [1.165, 1.54) is 19.8 Å². The summed E-state index contributed by atoms with van der Waals surface area (Å²) in [7, 11) is 0. The van der Waals surface area contributed by atoms with Crippen LogP contribution in [0.2, 0.25) is 0 Å². The molecular weight excluding hydrogens is 618 g/mol. The fourth-order valence-corrected chi connectivity index (χ4v) is 5.27. The zero-order valence-corrected chi connectivity index (χ0v) is 26.9. The smallest absolute Gasteiger partial charge is 0.255 e. The van der Waals surface area contributed by atoms with Crippen LogP contribution < -0.4 is 14.8 Å². The van der Waals surface area contributed by atoms with Gasteiger partial charge in [0.05, 0.1) is 18.2 Å². The predicted octanol–water partition coefficient (Wildman–Crippen LogP) is 8.55. The van der Waals surface area contributed by atoms with E-state index in [0.717, 1.165) is 51.9 Å². The summed E-state index contributed by atoms with van der Waals surface area (Å²) in [5.41, 5.74) is 3.06. The van der Waals surface area contributed by atoms with E-state index in [1.807, 2.05) is 84.9 Å². The van der Waals surface area contributed by atoms with Gasteiger partial charge in [-0.15, -0.1) is 0 Å². The van der Waals surface area contributed by atoms with Crippen LogP contribution in [-0.4, -0.2) is 35.5 Å². The Morgan fingerprint density at radius 3 is 2.27 bits per heavy atom. The molecule has 0 aliphatic carbocycles. The summed E-state index contributed by atoms with van der Waals surface area (Å²) in [6.07, 6.45) is 4.49. The molecule has 6 nitrogen and oxygen atoms in total. The highest BCUT2D eigenvalue weighted by molar-refractivity contribution is 9.10. The third-order valence-corrected chi connectivity index (χ3v) is 7.81. The van der Waals surface area contributed by atoms with Gasteiger partial charge in [0.25, 0.3) is 5.91 Å². The Hall–Kier alpha value is -3.94. The second-order valence-corrected chi connectivity index (χ2v) is 11.7. The van der Waals surface area contributed by atoms with Crippen molar-refractivity contribution in [3.63, 3.8) is 0 Å². The van der Waals surface area contributed by atoms with Gasteiger partial charge in [0.15, 0.2) is 5.78 Å². The topological polar surface area (TPSA) is 84.9 Å². The minimum absolute atomic E-state index is 0.222. The summed E-state index contributed by atoms with van der Waals surface area (Å²) < 4.78 is 12.8. The van der Waals surface area contributed by atoms with E-state index in [-0.39, 0.29) is 6.42 Å². The molecule has 2 N–H and O–H groups in total. The number of para-hydroxylation sites is 2. The number of hydrogen-bond acceptors (Lipinski definition) is 5. The molecule has 0 spiro atoms. The first kappa shape index (κ1) is 33.0. The van der Waals surface area contributed by atoms with Crippen LogP contribution >= 0.6 is 15.9 Å².